The predicted octanol–water partition coefficient (Wildman–Crippen LogP) is 4.97. The zero-order chi connectivity index (χ0) is 22.3. The zero-order valence-corrected chi connectivity index (χ0v) is 18.0. The molecule has 0 spiro atoms. The highest BCUT2D eigenvalue weighted by molar-refractivity contribution is 6.30. The predicted molar refractivity (Wildman–Crippen MR) is 125 cm³/mol. The van der Waals surface area contributed by atoms with Crippen molar-refractivity contribution < 1.29 is 9.53 Å². The first-order valence-electron chi connectivity index (χ1n) is 9.85. The molecule has 0 bridgehead atoms. The Hall–Kier alpha value is -3.97. The van der Waals surface area contributed by atoms with Crippen LogP contribution in [-0.4, -0.2) is 32.8 Å². The third-order valence-electron chi connectivity index (χ3n) is 4.62. The van der Waals surface area contributed by atoms with Gasteiger partial charge in [-0.15, -0.1) is 5.10 Å². The molecule has 4 rings (SSSR count). The minimum absolute atomic E-state index is 0.318. The molecule has 1 N–H and O–H groups in total. The van der Waals surface area contributed by atoms with E-state index in [9.17, 15) is 4.79 Å². The lowest BCUT2D eigenvalue weighted by Gasteiger charge is -2.06. The standard InChI is InChI=1S/C24H20ClN5O2/c1-32-21-10-3-2-7-18(21)11-12-22(31)30-24(27-15-17-6-4-9-20(25)14-17)28-23(29-30)19-8-5-13-26-16-19/h2-14,16H,15H2,1H3,(H,27,28,29)/b12-11+. The van der Waals surface area contributed by atoms with Crippen molar-refractivity contribution in [1.29, 1.82) is 0 Å². The monoisotopic (exact) mass is 445 g/mol. The van der Waals surface area contributed by atoms with E-state index in [-0.39, 0.29) is 5.91 Å². The molecule has 7 nitrogen and oxygen atoms in total. The van der Waals surface area contributed by atoms with Crippen LogP contribution in [0.5, 0.6) is 5.75 Å². The Balaban J connectivity index is 1.63. The lowest BCUT2D eigenvalue weighted by Crippen LogP contribution is -2.14. The van der Waals surface area contributed by atoms with Gasteiger partial charge in [0.2, 0.25) is 5.95 Å². The summed E-state index contributed by atoms with van der Waals surface area (Å²) in [7, 11) is 1.59. The molecule has 0 fully saturated rings. The summed E-state index contributed by atoms with van der Waals surface area (Å²) in [5.74, 6) is 1.03. The highest BCUT2D eigenvalue weighted by Crippen LogP contribution is 2.21. The van der Waals surface area contributed by atoms with Gasteiger partial charge in [-0.05, 0) is 42.0 Å². The average Bonchev–Trinajstić information content (AvgIpc) is 3.26. The van der Waals surface area contributed by atoms with Crippen LogP contribution >= 0.6 is 11.6 Å². The van der Waals surface area contributed by atoms with Gasteiger partial charge in [0.25, 0.3) is 5.91 Å². The summed E-state index contributed by atoms with van der Waals surface area (Å²) in [6.07, 6.45) is 6.44. The third kappa shape index (κ3) is 5.01. The number of hydrogen-bond acceptors (Lipinski definition) is 6. The number of methoxy groups -OCH3 is 1. The first-order chi connectivity index (χ1) is 15.6. The second kappa shape index (κ2) is 9.89. The lowest BCUT2D eigenvalue weighted by atomic mass is 10.2. The average molecular weight is 446 g/mol. The number of halogens is 1. The van der Waals surface area contributed by atoms with Crippen molar-refractivity contribution in [2.75, 3.05) is 12.4 Å². The first kappa shape index (κ1) is 21.3. The number of nitrogens with zero attached hydrogens (tertiary/aromatic N) is 4. The van der Waals surface area contributed by atoms with Gasteiger partial charge in [-0.2, -0.15) is 9.67 Å². The molecule has 2 aromatic heterocycles. The van der Waals surface area contributed by atoms with Crippen molar-refractivity contribution in [3.8, 4) is 17.1 Å². The number of allylic oxidation sites excluding steroid dienone is 1. The smallest absolute Gasteiger partial charge is 0.274 e. The number of rotatable bonds is 7. The van der Waals surface area contributed by atoms with Crippen LogP contribution < -0.4 is 10.1 Å². The van der Waals surface area contributed by atoms with Gasteiger partial charge < -0.3 is 10.1 Å². The Labute approximate surface area is 190 Å². The number of hydrogen-bond donors (Lipinski definition) is 1. The minimum Gasteiger partial charge on any atom is -0.496 e. The molecule has 2 heterocycles. The number of nitrogens with one attached hydrogen (secondary N) is 1. The molecule has 0 unspecified atom stereocenters. The Kier molecular flexibility index (Phi) is 6.57. The van der Waals surface area contributed by atoms with E-state index in [1.54, 1.807) is 37.7 Å². The molecule has 0 aliphatic heterocycles. The van der Waals surface area contributed by atoms with Crippen LogP contribution in [0, 0.1) is 0 Å². The molecular weight excluding hydrogens is 426 g/mol. The highest BCUT2D eigenvalue weighted by Gasteiger charge is 2.16. The second-order valence-electron chi connectivity index (χ2n) is 6.81. The molecule has 0 saturated heterocycles. The molecule has 8 heteroatoms. The maximum atomic E-state index is 13.0. The van der Waals surface area contributed by atoms with E-state index in [1.165, 1.54) is 10.8 Å². The number of pyridine rings is 1. The molecule has 0 aliphatic carbocycles. The van der Waals surface area contributed by atoms with E-state index in [0.717, 1.165) is 11.1 Å². The van der Waals surface area contributed by atoms with Gasteiger partial charge in [-0.3, -0.25) is 9.78 Å². The van der Waals surface area contributed by atoms with E-state index in [4.69, 9.17) is 16.3 Å². The summed E-state index contributed by atoms with van der Waals surface area (Å²) in [6.45, 7) is 0.426. The summed E-state index contributed by atoms with van der Waals surface area (Å²) < 4.78 is 6.57. The Morgan fingerprint density at radius 1 is 1.16 bits per heavy atom. The molecule has 32 heavy (non-hydrogen) atoms. The SMILES string of the molecule is COc1ccccc1/C=C/C(=O)n1nc(-c2cccnc2)nc1NCc1cccc(Cl)c1. The van der Waals surface area contributed by atoms with Crippen molar-refractivity contribution in [1.82, 2.24) is 19.7 Å². The highest BCUT2D eigenvalue weighted by atomic mass is 35.5. The first-order valence-corrected chi connectivity index (χ1v) is 10.2. The Bertz CT molecular complexity index is 1250. The van der Waals surface area contributed by atoms with Crippen LogP contribution in [0.1, 0.15) is 15.9 Å². The largest absolute Gasteiger partial charge is 0.496 e. The zero-order valence-electron chi connectivity index (χ0n) is 17.3. The van der Waals surface area contributed by atoms with Crippen molar-refractivity contribution in [3.63, 3.8) is 0 Å². The maximum Gasteiger partial charge on any atom is 0.274 e. The van der Waals surface area contributed by atoms with Gasteiger partial charge in [0.05, 0.1) is 7.11 Å². The van der Waals surface area contributed by atoms with Gasteiger partial charge in [0.1, 0.15) is 5.75 Å². The molecule has 160 valence electrons. The number of carbonyl (C=O) groups excluding carboxylic acids is 1. The van der Waals surface area contributed by atoms with E-state index in [1.807, 2.05) is 48.5 Å². The van der Waals surface area contributed by atoms with Gasteiger partial charge in [-0.25, -0.2) is 0 Å². The van der Waals surface area contributed by atoms with Gasteiger partial charge >= 0.3 is 0 Å². The van der Waals surface area contributed by atoms with Gasteiger partial charge in [-0.1, -0.05) is 41.9 Å². The van der Waals surface area contributed by atoms with Crippen LogP contribution in [-0.2, 0) is 6.54 Å². The number of carbonyl (C=O) groups is 1. The summed E-state index contributed by atoms with van der Waals surface area (Å²) in [5.41, 5.74) is 2.44. The fourth-order valence-electron chi connectivity index (χ4n) is 3.06. The van der Waals surface area contributed by atoms with E-state index < -0.39 is 0 Å². The number of anilines is 1. The molecule has 0 aliphatic rings. The molecule has 4 aromatic rings. The van der Waals surface area contributed by atoms with Crippen LogP contribution in [0.2, 0.25) is 5.02 Å². The lowest BCUT2D eigenvalue weighted by molar-refractivity contribution is 0.0957. The van der Waals surface area contributed by atoms with E-state index in [0.29, 0.717) is 34.7 Å². The number of aromatic nitrogens is 4. The fraction of sp³-hybridized carbons (Fsp3) is 0.0833. The minimum atomic E-state index is -0.354. The van der Waals surface area contributed by atoms with Gasteiger partial charge in [0.15, 0.2) is 5.82 Å². The fourth-order valence-corrected chi connectivity index (χ4v) is 3.27. The van der Waals surface area contributed by atoms with Crippen LogP contribution in [0.4, 0.5) is 5.95 Å². The Morgan fingerprint density at radius 3 is 2.81 bits per heavy atom. The molecule has 0 radical (unpaired) electrons. The maximum absolute atomic E-state index is 13.0. The van der Waals surface area contributed by atoms with Crippen molar-refractivity contribution in [2.45, 2.75) is 6.54 Å². The van der Waals surface area contributed by atoms with E-state index >= 15 is 0 Å². The summed E-state index contributed by atoms with van der Waals surface area (Å²) in [5, 5.41) is 8.23. The quantitative estimate of drug-likeness (QED) is 0.404. The molecule has 0 saturated carbocycles. The van der Waals surface area contributed by atoms with Gasteiger partial charge in [0, 0.05) is 41.2 Å². The number of ether oxygens (including phenoxy) is 1. The molecule has 0 atom stereocenters. The van der Waals surface area contributed by atoms with Crippen molar-refractivity contribution in [2.24, 2.45) is 0 Å². The normalized spacial score (nSPS) is 10.9. The van der Waals surface area contributed by atoms with Crippen molar-refractivity contribution in [3.05, 3.63) is 95.3 Å². The number of benzene rings is 2. The van der Waals surface area contributed by atoms with Crippen LogP contribution in [0.15, 0.2) is 79.1 Å². The van der Waals surface area contributed by atoms with Crippen LogP contribution in [0.25, 0.3) is 17.5 Å². The molecule has 2 aromatic carbocycles. The summed E-state index contributed by atoms with van der Waals surface area (Å²) >= 11 is 6.08. The Morgan fingerprint density at radius 2 is 2.03 bits per heavy atom. The summed E-state index contributed by atoms with van der Waals surface area (Å²) in [6, 6.07) is 18.5. The molecule has 0 amide bonds. The third-order valence-corrected chi connectivity index (χ3v) is 4.85. The number of para-hydroxylation sites is 1. The van der Waals surface area contributed by atoms with Crippen molar-refractivity contribution >= 4 is 29.5 Å². The summed E-state index contributed by atoms with van der Waals surface area (Å²) in [4.78, 5) is 21.6. The second-order valence-corrected chi connectivity index (χ2v) is 7.25. The topological polar surface area (TPSA) is 81.9 Å². The molecular formula is C24H20ClN5O2. The van der Waals surface area contributed by atoms with E-state index in [2.05, 4.69) is 20.4 Å². The van der Waals surface area contributed by atoms with Crippen LogP contribution in [0.3, 0.4) is 0 Å².